The number of nitrogens with zero attached hydrogens (tertiary/aromatic N) is 1. The molecule has 19 heavy (non-hydrogen) atoms. The molecule has 3 aromatic rings. The monoisotopic (exact) mass is 271 g/mol. The number of aromatic nitrogens is 1. The van der Waals surface area contributed by atoms with Gasteiger partial charge in [-0.15, -0.1) is 11.3 Å². The van der Waals surface area contributed by atoms with E-state index in [4.69, 9.17) is 9.68 Å². The number of aromatic amines is 1. The number of anilines is 1. The van der Waals surface area contributed by atoms with Crippen LogP contribution in [0, 0.1) is 11.3 Å². The lowest BCUT2D eigenvalue weighted by atomic mass is 10.3. The number of H-pyrrole nitrogens is 1. The second kappa shape index (κ2) is 4.63. The van der Waals surface area contributed by atoms with Crippen molar-refractivity contribution in [3.05, 3.63) is 50.6 Å². The molecule has 3 rings (SSSR count). The maximum Gasteiger partial charge on any atom is 0.417 e. The van der Waals surface area contributed by atoms with E-state index in [0.717, 1.165) is 10.6 Å². The summed E-state index contributed by atoms with van der Waals surface area (Å²) in [4.78, 5) is 15.4. The first kappa shape index (κ1) is 11.6. The average Bonchev–Trinajstić information content (AvgIpc) is 3.00. The van der Waals surface area contributed by atoms with Gasteiger partial charge in [0.15, 0.2) is 5.58 Å². The number of nitriles is 1. The molecule has 0 saturated heterocycles. The van der Waals surface area contributed by atoms with Crippen molar-refractivity contribution in [3.8, 4) is 6.07 Å². The lowest BCUT2D eigenvalue weighted by Crippen LogP contribution is -1.97. The van der Waals surface area contributed by atoms with Gasteiger partial charge < -0.3 is 9.73 Å². The molecule has 94 valence electrons. The summed E-state index contributed by atoms with van der Waals surface area (Å²) >= 11 is 1.46. The fraction of sp³-hybridized carbons (Fsp3) is 0.0769. The predicted octanol–water partition coefficient (Wildman–Crippen LogP) is 2.67. The molecule has 5 nitrogen and oxygen atoms in total. The molecule has 6 heteroatoms. The molecule has 0 aliphatic carbocycles. The Labute approximate surface area is 112 Å². The molecule has 0 radical (unpaired) electrons. The van der Waals surface area contributed by atoms with Crippen LogP contribution in [0.15, 0.2) is 39.5 Å². The van der Waals surface area contributed by atoms with E-state index < -0.39 is 5.76 Å². The molecule has 1 aromatic carbocycles. The van der Waals surface area contributed by atoms with E-state index in [1.807, 2.05) is 18.2 Å². The Morgan fingerprint density at radius 3 is 3.05 bits per heavy atom. The number of benzene rings is 1. The summed E-state index contributed by atoms with van der Waals surface area (Å²) in [5.74, 6) is -0.455. The Morgan fingerprint density at radius 1 is 1.37 bits per heavy atom. The minimum Gasteiger partial charge on any atom is -0.408 e. The molecular weight excluding hydrogens is 262 g/mol. The second-order valence-corrected chi connectivity index (χ2v) is 5.13. The van der Waals surface area contributed by atoms with Crippen LogP contribution in [0.25, 0.3) is 11.1 Å². The van der Waals surface area contributed by atoms with Crippen molar-refractivity contribution in [2.45, 2.75) is 6.54 Å². The molecule has 0 saturated carbocycles. The fourth-order valence-electron chi connectivity index (χ4n) is 1.78. The van der Waals surface area contributed by atoms with E-state index in [-0.39, 0.29) is 0 Å². The van der Waals surface area contributed by atoms with Crippen LogP contribution < -0.4 is 11.1 Å². The third-order valence-corrected chi connectivity index (χ3v) is 3.65. The van der Waals surface area contributed by atoms with Gasteiger partial charge in [-0.3, -0.25) is 4.98 Å². The first-order valence-corrected chi connectivity index (χ1v) is 6.42. The molecule has 0 atom stereocenters. The topological polar surface area (TPSA) is 81.8 Å². The molecule has 0 fully saturated rings. The van der Waals surface area contributed by atoms with Crippen molar-refractivity contribution in [1.29, 1.82) is 5.26 Å². The summed E-state index contributed by atoms with van der Waals surface area (Å²) in [7, 11) is 0. The number of rotatable bonds is 3. The first-order valence-electron chi connectivity index (χ1n) is 5.60. The quantitative estimate of drug-likeness (QED) is 0.767. The Kier molecular flexibility index (Phi) is 2.82. The standard InChI is InChI=1S/C13H9N3O2S/c14-6-9-2-3-10(19-9)7-15-8-1-4-12-11(5-8)16-13(17)18-12/h1-5,15H,7H2,(H,16,17). The van der Waals surface area contributed by atoms with Gasteiger partial charge in [0, 0.05) is 17.1 Å². The zero-order chi connectivity index (χ0) is 13.2. The van der Waals surface area contributed by atoms with Gasteiger partial charge in [-0.25, -0.2) is 4.79 Å². The van der Waals surface area contributed by atoms with Gasteiger partial charge in [0.1, 0.15) is 10.9 Å². The minimum atomic E-state index is -0.455. The van der Waals surface area contributed by atoms with Crippen LogP contribution in [0.5, 0.6) is 0 Å². The summed E-state index contributed by atoms with van der Waals surface area (Å²) in [6, 6.07) is 11.2. The largest absolute Gasteiger partial charge is 0.417 e. The van der Waals surface area contributed by atoms with Gasteiger partial charge in [-0.05, 0) is 30.3 Å². The third-order valence-electron chi connectivity index (χ3n) is 2.66. The minimum absolute atomic E-state index is 0.455. The van der Waals surface area contributed by atoms with Crippen LogP contribution in [-0.4, -0.2) is 4.98 Å². The van der Waals surface area contributed by atoms with Gasteiger partial charge in [0.05, 0.1) is 5.52 Å². The zero-order valence-electron chi connectivity index (χ0n) is 9.77. The molecule has 0 bridgehead atoms. The van der Waals surface area contributed by atoms with Crippen molar-refractivity contribution in [1.82, 2.24) is 4.98 Å². The van der Waals surface area contributed by atoms with Crippen LogP contribution in [0.3, 0.4) is 0 Å². The lowest BCUT2D eigenvalue weighted by molar-refractivity contribution is 0.555. The maximum absolute atomic E-state index is 11.0. The number of thiophene rings is 1. The van der Waals surface area contributed by atoms with Crippen LogP contribution in [-0.2, 0) is 6.54 Å². The highest BCUT2D eigenvalue weighted by Crippen LogP contribution is 2.19. The molecule has 0 amide bonds. The van der Waals surface area contributed by atoms with Gasteiger partial charge in [-0.2, -0.15) is 5.26 Å². The van der Waals surface area contributed by atoms with Crippen molar-refractivity contribution in [3.63, 3.8) is 0 Å². The maximum atomic E-state index is 11.0. The third kappa shape index (κ3) is 2.37. The van der Waals surface area contributed by atoms with Gasteiger partial charge >= 0.3 is 5.76 Å². The Hall–Kier alpha value is -2.52. The number of hydrogen-bond donors (Lipinski definition) is 2. The van der Waals surface area contributed by atoms with Crippen molar-refractivity contribution in [2.24, 2.45) is 0 Å². The van der Waals surface area contributed by atoms with E-state index in [0.29, 0.717) is 22.5 Å². The SMILES string of the molecule is N#Cc1ccc(CNc2ccc3oc(=O)[nH]c3c2)s1. The molecular formula is C13H9N3O2S. The molecule has 0 unspecified atom stereocenters. The normalized spacial score (nSPS) is 10.5. The summed E-state index contributed by atoms with van der Waals surface area (Å²) in [6.45, 7) is 0.639. The van der Waals surface area contributed by atoms with Crippen LogP contribution in [0.1, 0.15) is 9.75 Å². The highest BCUT2D eigenvalue weighted by atomic mass is 32.1. The molecule has 2 aromatic heterocycles. The summed E-state index contributed by atoms with van der Waals surface area (Å²) in [5, 5.41) is 12.0. The zero-order valence-corrected chi connectivity index (χ0v) is 10.6. The van der Waals surface area contributed by atoms with Gasteiger partial charge in [0.25, 0.3) is 0 Å². The number of nitrogens with one attached hydrogen (secondary N) is 2. The van der Waals surface area contributed by atoms with E-state index in [9.17, 15) is 4.79 Å². The Balaban J connectivity index is 1.77. The fourth-order valence-corrected chi connectivity index (χ4v) is 2.53. The van der Waals surface area contributed by atoms with Crippen LogP contribution in [0.4, 0.5) is 5.69 Å². The predicted molar refractivity (Wildman–Crippen MR) is 73.2 cm³/mol. The number of fused-ring (bicyclic) bond motifs is 1. The summed E-state index contributed by atoms with van der Waals surface area (Å²) in [6.07, 6.45) is 0. The Bertz CT molecular complexity index is 822. The van der Waals surface area contributed by atoms with Crippen LogP contribution >= 0.6 is 11.3 Å². The van der Waals surface area contributed by atoms with E-state index in [2.05, 4.69) is 16.4 Å². The molecule has 0 spiro atoms. The first-order chi connectivity index (χ1) is 9.24. The van der Waals surface area contributed by atoms with Crippen molar-refractivity contribution >= 4 is 28.1 Å². The van der Waals surface area contributed by atoms with Crippen molar-refractivity contribution in [2.75, 3.05) is 5.32 Å². The highest BCUT2D eigenvalue weighted by Gasteiger charge is 2.03. The van der Waals surface area contributed by atoms with Crippen LogP contribution in [0.2, 0.25) is 0 Å². The van der Waals surface area contributed by atoms with Gasteiger partial charge in [0.2, 0.25) is 0 Å². The molecule has 2 N–H and O–H groups in total. The summed E-state index contributed by atoms with van der Waals surface area (Å²) in [5.41, 5.74) is 2.09. The highest BCUT2D eigenvalue weighted by molar-refractivity contribution is 7.12. The van der Waals surface area contributed by atoms with E-state index in [1.54, 1.807) is 12.1 Å². The second-order valence-electron chi connectivity index (χ2n) is 3.96. The van der Waals surface area contributed by atoms with E-state index in [1.165, 1.54) is 11.3 Å². The Morgan fingerprint density at radius 2 is 2.26 bits per heavy atom. The average molecular weight is 271 g/mol. The molecule has 0 aliphatic rings. The number of oxazole rings is 1. The molecule has 2 heterocycles. The number of hydrogen-bond acceptors (Lipinski definition) is 5. The lowest BCUT2D eigenvalue weighted by Gasteiger charge is -2.03. The smallest absolute Gasteiger partial charge is 0.408 e. The van der Waals surface area contributed by atoms with Gasteiger partial charge in [-0.1, -0.05) is 0 Å². The van der Waals surface area contributed by atoms with Crippen molar-refractivity contribution < 1.29 is 4.42 Å². The summed E-state index contributed by atoms with van der Waals surface area (Å²) < 4.78 is 4.93. The molecule has 0 aliphatic heterocycles. The van der Waals surface area contributed by atoms with E-state index >= 15 is 0 Å².